The zero-order valence-electron chi connectivity index (χ0n) is 14.9. The van der Waals surface area contributed by atoms with Crippen molar-refractivity contribution in [2.45, 2.75) is 37.9 Å². The van der Waals surface area contributed by atoms with Crippen molar-refractivity contribution >= 4 is 17.6 Å². The second-order valence-corrected chi connectivity index (χ2v) is 6.87. The molecule has 1 aromatic carbocycles. The molecule has 6 nitrogen and oxygen atoms in total. The molecule has 0 bridgehead atoms. The fourth-order valence-electron chi connectivity index (χ4n) is 3.69. The van der Waals surface area contributed by atoms with Crippen LogP contribution in [0.2, 0.25) is 0 Å². The van der Waals surface area contributed by atoms with E-state index in [1.54, 1.807) is 0 Å². The van der Waals surface area contributed by atoms with Crippen LogP contribution >= 0.6 is 0 Å². The van der Waals surface area contributed by atoms with Crippen molar-refractivity contribution in [3.63, 3.8) is 0 Å². The van der Waals surface area contributed by atoms with Gasteiger partial charge in [-0.05, 0) is 31.9 Å². The molecular weight excluding hydrogens is 320 g/mol. The number of likely N-dealkylation sites (tertiary alicyclic amines) is 1. The third-order valence-corrected chi connectivity index (χ3v) is 5.18. The molecule has 1 unspecified atom stereocenters. The van der Waals surface area contributed by atoms with Gasteiger partial charge in [-0.25, -0.2) is 0 Å². The summed E-state index contributed by atoms with van der Waals surface area (Å²) in [5.41, 5.74) is 0.625. The van der Waals surface area contributed by atoms with Crippen LogP contribution in [0, 0.1) is 0 Å². The smallest absolute Gasteiger partial charge is 0.306 e. The van der Waals surface area contributed by atoms with E-state index >= 15 is 0 Å². The van der Waals surface area contributed by atoms with E-state index in [1.807, 2.05) is 42.2 Å². The van der Waals surface area contributed by atoms with Gasteiger partial charge in [-0.3, -0.25) is 9.59 Å². The summed E-state index contributed by atoms with van der Waals surface area (Å²) >= 11 is 0. The molecule has 0 radical (unpaired) electrons. The molecule has 0 N–H and O–H groups in total. The summed E-state index contributed by atoms with van der Waals surface area (Å²) in [5.74, 6) is -0.159. The van der Waals surface area contributed by atoms with Gasteiger partial charge in [-0.2, -0.15) is 0 Å². The highest BCUT2D eigenvalue weighted by molar-refractivity contribution is 5.97. The highest BCUT2D eigenvalue weighted by atomic mass is 16.5. The minimum absolute atomic E-state index is 0.0185. The van der Waals surface area contributed by atoms with Crippen LogP contribution in [0.15, 0.2) is 30.3 Å². The molecule has 0 saturated carbocycles. The molecule has 2 heterocycles. The monoisotopic (exact) mass is 346 g/mol. The van der Waals surface area contributed by atoms with Crippen LogP contribution in [0.25, 0.3) is 0 Å². The van der Waals surface area contributed by atoms with E-state index < -0.39 is 6.10 Å². The quantitative estimate of drug-likeness (QED) is 0.779. The average molecular weight is 346 g/mol. The number of carbonyl (C=O) groups excluding carboxylic acids is 2. The molecule has 1 spiro atoms. The first-order valence-electron chi connectivity index (χ1n) is 8.86. The zero-order valence-corrected chi connectivity index (χ0v) is 14.9. The number of methoxy groups -OCH3 is 1. The van der Waals surface area contributed by atoms with Gasteiger partial charge in [0.25, 0.3) is 5.91 Å². The lowest BCUT2D eigenvalue weighted by atomic mass is 9.88. The zero-order chi connectivity index (χ0) is 17.9. The van der Waals surface area contributed by atoms with E-state index in [0.717, 1.165) is 31.6 Å². The number of morpholine rings is 1. The topological polar surface area (TPSA) is 59.1 Å². The molecule has 6 heteroatoms. The maximum absolute atomic E-state index is 12.6. The lowest BCUT2D eigenvalue weighted by molar-refractivity contribution is -0.161. The summed E-state index contributed by atoms with van der Waals surface area (Å²) in [4.78, 5) is 28.0. The first-order valence-corrected chi connectivity index (χ1v) is 8.86. The number of ether oxygens (including phenoxy) is 2. The minimum atomic E-state index is -0.435. The molecule has 0 aliphatic carbocycles. The van der Waals surface area contributed by atoms with Gasteiger partial charge in [0.05, 0.1) is 25.7 Å². The molecular formula is C19H26N2O4. The van der Waals surface area contributed by atoms with E-state index in [4.69, 9.17) is 9.47 Å². The Kier molecular flexibility index (Phi) is 5.39. The normalized spacial score (nSPS) is 23.7. The summed E-state index contributed by atoms with van der Waals surface area (Å²) in [5, 5.41) is 0. The van der Waals surface area contributed by atoms with Gasteiger partial charge in [0.15, 0.2) is 0 Å². The van der Waals surface area contributed by atoms with Gasteiger partial charge in [0.1, 0.15) is 6.10 Å². The van der Waals surface area contributed by atoms with Crippen molar-refractivity contribution < 1.29 is 19.1 Å². The fourth-order valence-corrected chi connectivity index (χ4v) is 3.69. The standard InChI is InChI=1S/C19H26N2O4/c1-15-18(23)21(16-6-4-3-5-7-16)14-19(25-15)9-12-20(13-10-19)11-8-17(22)24-2/h3-7,15H,8-14H2,1-2H3. The third-order valence-electron chi connectivity index (χ3n) is 5.18. The molecule has 0 aromatic heterocycles. The molecule has 1 atom stereocenters. The minimum Gasteiger partial charge on any atom is -0.469 e. The van der Waals surface area contributed by atoms with E-state index in [1.165, 1.54) is 7.11 Å². The van der Waals surface area contributed by atoms with Crippen molar-refractivity contribution in [2.24, 2.45) is 0 Å². The van der Waals surface area contributed by atoms with E-state index in [2.05, 4.69) is 4.90 Å². The summed E-state index contributed by atoms with van der Waals surface area (Å²) in [7, 11) is 1.42. The predicted molar refractivity (Wildman–Crippen MR) is 94.4 cm³/mol. The molecule has 2 aliphatic heterocycles. The van der Waals surface area contributed by atoms with Gasteiger partial charge in [0.2, 0.25) is 0 Å². The lowest BCUT2D eigenvalue weighted by Crippen LogP contribution is -2.61. The Morgan fingerprint density at radius 1 is 1.28 bits per heavy atom. The predicted octanol–water partition coefficient (Wildman–Crippen LogP) is 1.84. The first kappa shape index (κ1) is 17.9. The van der Waals surface area contributed by atoms with Crippen molar-refractivity contribution in [1.29, 1.82) is 0 Å². The molecule has 3 rings (SSSR count). The van der Waals surface area contributed by atoms with Gasteiger partial charge >= 0.3 is 5.97 Å². The number of rotatable bonds is 4. The van der Waals surface area contributed by atoms with Gasteiger partial charge in [-0.1, -0.05) is 18.2 Å². The number of amides is 1. The summed E-state index contributed by atoms with van der Waals surface area (Å²) in [6.45, 7) is 4.86. The van der Waals surface area contributed by atoms with Crippen LogP contribution < -0.4 is 4.90 Å². The maximum atomic E-state index is 12.6. The number of hydrogen-bond donors (Lipinski definition) is 0. The number of carbonyl (C=O) groups is 2. The van der Waals surface area contributed by atoms with Crippen LogP contribution in [0.5, 0.6) is 0 Å². The number of para-hydroxylation sites is 1. The summed E-state index contributed by atoms with van der Waals surface area (Å²) < 4.78 is 10.9. The Labute approximate surface area is 148 Å². The van der Waals surface area contributed by atoms with Crippen molar-refractivity contribution in [1.82, 2.24) is 4.90 Å². The molecule has 1 aromatic rings. The number of benzene rings is 1. The third kappa shape index (κ3) is 4.02. The fraction of sp³-hybridized carbons (Fsp3) is 0.579. The van der Waals surface area contributed by atoms with E-state index in [0.29, 0.717) is 19.5 Å². The maximum Gasteiger partial charge on any atom is 0.306 e. The molecule has 2 fully saturated rings. The Morgan fingerprint density at radius 2 is 1.96 bits per heavy atom. The second-order valence-electron chi connectivity index (χ2n) is 6.87. The SMILES string of the molecule is COC(=O)CCN1CCC2(CC1)CN(c1ccccc1)C(=O)C(C)O2. The van der Waals surface area contributed by atoms with Gasteiger partial charge in [0, 0.05) is 25.3 Å². The van der Waals surface area contributed by atoms with Crippen LogP contribution in [-0.4, -0.2) is 61.8 Å². The van der Waals surface area contributed by atoms with E-state index in [-0.39, 0.29) is 17.5 Å². The second kappa shape index (κ2) is 7.54. The van der Waals surface area contributed by atoms with Crippen LogP contribution in [0.4, 0.5) is 5.69 Å². The van der Waals surface area contributed by atoms with Crippen LogP contribution in [0.3, 0.4) is 0 Å². The van der Waals surface area contributed by atoms with Crippen molar-refractivity contribution in [3.05, 3.63) is 30.3 Å². The molecule has 2 aliphatic rings. The molecule has 2 saturated heterocycles. The highest BCUT2D eigenvalue weighted by Gasteiger charge is 2.45. The van der Waals surface area contributed by atoms with Crippen molar-refractivity contribution in [3.8, 4) is 0 Å². The molecule has 1 amide bonds. The lowest BCUT2D eigenvalue weighted by Gasteiger charge is -2.49. The Balaban J connectivity index is 1.64. The Bertz CT molecular complexity index is 611. The Morgan fingerprint density at radius 3 is 2.60 bits per heavy atom. The number of hydrogen-bond acceptors (Lipinski definition) is 5. The van der Waals surface area contributed by atoms with Gasteiger partial charge in [-0.15, -0.1) is 0 Å². The number of piperidine rings is 1. The largest absolute Gasteiger partial charge is 0.469 e. The van der Waals surface area contributed by atoms with E-state index in [9.17, 15) is 9.59 Å². The number of nitrogens with zero attached hydrogens (tertiary/aromatic N) is 2. The number of anilines is 1. The molecule has 136 valence electrons. The Hall–Kier alpha value is -1.92. The molecule has 25 heavy (non-hydrogen) atoms. The van der Waals surface area contributed by atoms with Crippen molar-refractivity contribution in [2.75, 3.05) is 38.2 Å². The summed E-state index contributed by atoms with van der Waals surface area (Å²) in [6.07, 6.45) is 1.69. The van der Waals surface area contributed by atoms with Crippen LogP contribution in [-0.2, 0) is 19.1 Å². The average Bonchev–Trinajstić information content (AvgIpc) is 2.65. The van der Waals surface area contributed by atoms with Gasteiger partial charge < -0.3 is 19.3 Å². The highest BCUT2D eigenvalue weighted by Crippen LogP contribution is 2.34. The van der Waals surface area contributed by atoms with Crippen LogP contribution in [0.1, 0.15) is 26.2 Å². The number of esters is 1. The summed E-state index contributed by atoms with van der Waals surface area (Å²) in [6, 6.07) is 9.79. The first-order chi connectivity index (χ1) is 12.0.